The fourth-order valence-electron chi connectivity index (χ4n) is 1.67. The van der Waals surface area contributed by atoms with Gasteiger partial charge in [-0.1, -0.05) is 12.2 Å². The standard InChI is InChI=1S/C7H11N/c8-7-4-1-2-6(7)3-5-7/h1-2,6H,3-5,8H2. The SMILES string of the molecule is NC12CC=CC1CC2. The molecule has 2 aliphatic rings. The molecule has 0 saturated heterocycles. The molecule has 0 bridgehead atoms. The highest BCUT2D eigenvalue weighted by atomic mass is 14.8. The summed E-state index contributed by atoms with van der Waals surface area (Å²) in [7, 11) is 0. The minimum atomic E-state index is 0.222. The van der Waals surface area contributed by atoms with Crippen molar-refractivity contribution in [2.24, 2.45) is 11.7 Å². The molecule has 0 spiro atoms. The summed E-state index contributed by atoms with van der Waals surface area (Å²) in [6, 6.07) is 0. The van der Waals surface area contributed by atoms with Gasteiger partial charge in [0, 0.05) is 5.54 Å². The van der Waals surface area contributed by atoms with E-state index < -0.39 is 0 Å². The Kier molecular flexibility index (Phi) is 0.662. The summed E-state index contributed by atoms with van der Waals surface area (Å²) >= 11 is 0. The van der Waals surface area contributed by atoms with Crippen molar-refractivity contribution in [1.82, 2.24) is 0 Å². The lowest BCUT2D eigenvalue weighted by atomic mass is 9.69. The molecular weight excluding hydrogens is 98.1 g/mol. The molecule has 0 aromatic rings. The molecule has 2 N–H and O–H groups in total. The first-order chi connectivity index (χ1) is 3.81. The highest BCUT2D eigenvalue weighted by Gasteiger charge is 2.43. The number of fused-ring (bicyclic) bond motifs is 1. The van der Waals surface area contributed by atoms with E-state index in [-0.39, 0.29) is 5.54 Å². The number of nitrogens with two attached hydrogens (primary N) is 1. The third-order valence-corrected chi connectivity index (χ3v) is 2.53. The first kappa shape index (κ1) is 4.57. The van der Waals surface area contributed by atoms with Gasteiger partial charge in [-0.25, -0.2) is 0 Å². The third-order valence-electron chi connectivity index (χ3n) is 2.53. The molecule has 44 valence electrons. The van der Waals surface area contributed by atoms with Gasteiger partial charge in [-0.15, -0.1) is 0 Å². The van der Waals surface area contributed by atoms with Crippen LogP contribution < -0.4 is 5.73 Å². The third kappa shape index (κ3) is 0.360. The predicted octanol–water partition coefficient (Wildman–Crippen LogP) is 1.05. The maximum Gasteiger partial charge on any atom is 0.0252 e. The van der Waals surface area contributed by atoms with Crippen molar-refractivity contribution in [2.45, 2.75) is 24.8 Å². The van der Waals surface area contributed by atoms with Crippen molar-refractivity contribution in [3.63, 3.8) is 0 Å². The van der Waals surface area contributed by atoms with Crippen LogP contribution in [0.3, 0.4) is 0 Å². The van der Waals surface area contributed by atoms with Gasteiger partial charge in [-0.2, -0.15) is 0 Å². The molecule has 1 nitrogen and oxygen atoms in total. The van der Waals surface area contributed by atoms with Crippen LogP contribution >= 0.6 is 0 Å². The maximum atomic E-state index is 5.95. The Balaban J connectivity index is 2.22. The summed E-state index contributed by atoms with van der Waals surface area (Å²) in [5.74, 6) is 0.738. The second-order valence-corrected chi connectivity index (χ2v) is 3.01. The largest absolute Gasteiger partial charge is 0.324 e. The summed E-state index contributed by atoms with van der Waals surface area (Å²) in [6.45, 7) is 0. The lowest BCUT2D eigenvalue weighted by molar-refractivity contribution is 0.191. The molecule has 0 heterocycles. The lowest BCUT2D eigenvalue weighted by Crippen LogP contribution is -2.51. The van der Waals surface area contributed by atoms with Crippen molar-refractivity contribution in [2.75, 3.05) is 0 Å². The second kappa shape index (κ2) is 1.16. The molecule has 1 heteroatoms. The van der Waals surface area contributed by atoms with Gasteiger partial charge in [0.1, 0.15) is 0 Å². The van der Waals surface area contributed by atoms with E-state index in [0.29, 0.717) is 0 Å². The lowest BCUT2D eigenvalue weighted by Gasteiger charge is -2.41. The van der Waals surface area contributed by atoms with Crippen LogP contribution in [0.4, 0.5) is 0 Å². The minimum Gasteiger partial charge on any atom is -0.324 e. The Hall–Kier alpha value is -0.300. The van der Waals surface area contributed by atoms with E-state index in [4.69, 9.17) is 5.73 Å². The average molecular weight is 109 g/mol. The van der Waals surface area contributed by atoms with Gasteiger partial charge in [0.25, 0.3) is 0 Å². The maximum absolute atomic E-state index is 5.95. The van der Waals surface area contributed by atoms with Gasteiger partial charge >= 0.3 is 0 Å². The van der Waals surface area contributed by atoms with Crippen molar-refractivity contribution >= 4 is 0 Å². The Labute approximate surface area is 49.6 Å². The first-order valence-electron chi connectivity index (χ1n) is 3.27. The zero-order valence-corrected chi connectivity index (χ0v) is 4.93. The van der Waals surface area contributed by atoms with E-state index in [1.165, 1.54) is 12.8 Å². The van der Waals surface area contributed by atoms with Gasteiger partial charge < -0.3 is 5.73 Å². The normalized spacial score (nSPS) is 50.9. The van der Waals surface area contributed by atoms with E-state index in [9.17, 15) is 0 Å². The van der Waals surface area contributed by atoms with Crippen LogP contribution in [0, 0.1) is 5.92 Å². The monoisotopic (exact) mass is 109 g/mol. The molecule has 0 radical (unpaired) electrons. The van der Waals surface area contributed by atoms with Crippen LogP contribution in [0.25, 0.3) is 0 Å². The van der Waals surface area contributed by atoms with Gasteiger partial charge in [0.15, 0.2) is 0 Å². The van der Waals surface area contributed by atoms with Crippen molar-refractivity contribution in [3.05, 3.63) is 12.2 Å². The quantitative estimate of drug-likeness (QED) is 0.462. The molecular formula is C7H11N. The van der Waals surface area contributed by atoms with Crippen molar-refractivity contribution < 1.29 is 0 Å². The molecule has 1 fully saturated rings. The molecule has 0 amide bonds. The first-order valence-corrected chi connectivity index (χ1v) is 3.27. The van der Waals surface area contributed by atoms with Gasteiger partial charge in [-0.05, 0) is 25.2 Å². The van der Waals surface area contributed by atoms with E-state index >= 15 is 0 Å². The Bertz CT molecular complexity index is 139. The van der Waals surface area contributed by atoms with Crippen LogP contribution in [0.1, 0.15) is 19.3 Å². The molecule has 2 unspecified atom stereocenters. The molecule has 2 atom stereocenters. The molecule has 0 aliphatic heterocycles. The average Bonchev–Trinajstić information content (AvgIpc) is 1.94. The molecule has 0 aromatic carbocycles. The number of hydrogen-bond acceptors (Lipinski definition) is 1. The fraction of sp³-hybridized carbons (Fsp3) is 0.714. The molecule has 1 saturated carbocycles. The fourth-order valence-corrected chi connectivity index (χ4v) is 1.67. The summed E-state index contributed by atoms with van der Waals surface area (Å²) in [5, 5.41) is 0. The number of rotatable bonds is 0. The smallest absolute Gasteiger partial charge is 0.0252 e. The highest BCUT2D eigenvalue weighted by molar-refractivity contribution is 5.18. The molecule has 2 rings (SSSR count). The Morgan fingerprint density at radius 1 is 1.62 bits per heavy atom. The zero-order chi connectivity index (χ0) is 5.61. The van der Waals surface area contributed by atoms with Crippen LogP contribution in [-0.2, 0) is 0 Å². The topological polar surface area (TPSA) is 26.0 Å². The second-order valence-electron chi connectivity index (χ2n) is 3.01. The highest BCUT2D eigenvalue weighted by Crippen LogP contribution is 2.44. The summed E-state index contributed by atoms with van der Waals surface area (Å²) in [6.07, 6.45) is 8.18. The predicted molar refractivity (Wildman–Crippen MR) is 33.4 cm³/mol. The summed E-state index contributed by atoms with van der Waals surface area (Å²) < 4.78 is 0. The Morgan fingerprint density at radius 3 is 2.75 bits per heavy atom. The van der Waals surface area contributed by atoms with Crippen molar-refractivity contribution in [3.8, 4) is 0 Å². The number of hydrogen-bond donors (Lipinski definition) is 1. The summed E-state index contributed by atoms with van der Waals surface area (Å²) in [4.78, 5) is 0. The minimum absolute atomic E-state index is 0.222. The van der Waals surface area contributed by atoms with E-state index in [1.54, 1.807) is 0 Å². The van der Waals surface area contributed by atoms with E-state index in [2.05, 4.69) is 12.2 Å². The zero-order valence-electron chi connectivity index (χ0n) is 4.93. The molecule has 2 aliphatic carbocycles. The van der Waals surface area contributed by atoms with Crippen LogP contribution in [0.2, 0.25) is 0 Å². The molecule has 8 heavy (non-hydrogen) atoms. The Morgan fingerprint density at radius 2 is 2.50 bits per heavy atom. The van der Waals surface area contributed by atoms with Gasteiger partial charge in [0.05, 0.1) is 0 Å². The van der Waals surface area contributed by atoms with E-state index in [0.717, 1.165) is 12.3 Å². The van der Waals surface area contributed by atoms with Gasteiger partial charge in [0.2, 0.25) is 0 Å². The summed E-state index contributed by atoms with van der Waals surface area (Å²) in [5.41, 5.74) is 6.17. The van der Waals surface area contributed by atoms with Gasteiger partial charge in [-0.3, -0.25) is 0 Å². The molecule has 0 aromatic heterocycles. The van der Waals surface area contributed by atoms with Crippen molar-refractivity contribution in [1.29, 1.82) is 0 Å². The van der Waals surface area contributed by atoms with Crippen LogP contribution in [0.5, 0.6) is 0 Å². The van der Waals surface area contributed by atoms with Crippen LogP contribution in [0.15, 0.2) is 12.2 Å². The van der Waals surface area contributed by atoms with E-state index in [1.807, 2.05) is 0 Å². The van der Waals surface area contributed by atoms with Crippen LogP contribution in [-0.4, -0.2) is 5.54 Å².